The molecule has 0 bridgehead atoms. The van der Waals surface area contributed by atoms with Crippen molar-refractivity contribution in [3.05, 3.63) is 40.9 Å². The maximum absolute atomic E-state index is 12.3. The monoisotopic (exact) mass is 431 g/mol. The Kier molecular flexibility index (Phi) is 7.84. The van der Waals surface area contributed by atoms with Crippen molar-refractivity contribution in [2.24, 2.45) is 0 Å². The SMILES string of the molecule is CCOc1cc(/C=C/C(=O)Nc2nc(CN3CC(C)OC(C)C3)cs2)ccc1OC. The minimum atomic E-state index is -0.224. The number of thiazole rings is 1. The highest BCUT2D eigenvalue weighted by Crippen LogP contribution is 2.28. The van der Waals surface area contributed by atoms with E-state index in [4.69, 9.17) is 14.2 Å². The molecule has 2 heterocycles. The highest BCUT2D eigenvalue weighted by Gasteiger charge is 2.22. The number of aromatic nitrogens is 1. The largest absolute Gasteiger partial charge is 0.493 e. The van der Waals surface area contributed by atoms with E-state index in [9.17, 15) is 4.79 Å². The Morgan fingerprint density at radius 1 is 1.33 bits per heavy atom. The zero-order valence-corrected chi connectivity index (χ0v) is 18.7. The first-order valence-electron chi connectivity index (χ1n) is 10.1. The third kappa shape index (κ3) is 6.29. The molecule has 7 nitrogen and oxygen atoms in total. The van der Waals surface area contributed by atoms with Gasteiger partial charge >= 0.3 is 0 Å². The van der Waals surface area contributed by atoms with Gasteiger partial charge in [0.05, 0.1) is 31.6 Å². The fraction of sp³-hybridized carbons (Fsp3) is 0.455. The molecule has 0 radical (unpaired) electrons. The van der Waals surface area contributed by atoms with Gasteiger partial charge in [-0.3, -0.25) is 15.0 Å². The average Bonchev–Trinajstić information content (AvgIpc) is 3.12. The quantitative estimate of drug-likeness (QED) is 0.641. The maximum atomic E-state index is 12.3. The van der Waals surface area contributed by atoms with Crippen molar-refractivity contribution < 1.29 is 19.0 Å². The van der Waals surface area contributed by atoms with Crippen LogP contribution in [-0.4, -0.2) is 54.8 Å². The minimum Gasteiger partial charge on any atom is -0.493 e. The van der Waals surface area contributed by atoms with Crippen LogP contribution in [0, 0.1) is 0 Å². The smallest absolute Gasteiger partial charge is 0.250 e. The fourth-order valence-electron chi connectivity index (χ4n) is 3.46. The third-order valence-corrected chi connectivity index (χ3v) is 5.38. The molecule has 1 aromatic carbocycles. The lowest BCUT2D eigenvalue weighted by molar-refractivity contribution is -0.111. The van der Waals surface area contributed by atoms with Crippen LogP contribution in [0.3, 0.4) is 0 Å². The lowest BCUT2D eigenvalue weighted by Crippen LogP contribution is -2.44. The van der Waals surface area contributed by atoms with E-state index in [1.165, 1.54) is 17.4 Å². The van der Waals surface area contributed by atoms with Crippen LogP contribution in [0.5, 0.6) is 11.5 Å². The molecule has 30 heavy (non-hydrogen) atoms. The lowest BCUT2D eigenvalue weighted by Gasteiger charge is -2.34. The summed E-state index contributed by atoms with van der Waals surface area (Å²) >= 11 is 1.43. The molecule has 0 spiro atoms. The topological polar surface area (TPSA) is 72.9 Å². The average molecular weight is 432 g/mol. The van der Waals surface area contributed by atoms with Crippen molar-refractivity contribution >= 4 is 28.5 Å². The summed E-state index contributed by atoms with van der Waals surface area (Å²) in [4.78, 5) is 19.2. The van der Waals surface area contributed by atoms with Gasteiger partial charge in [0.2, 0.25) is 5.91 Å². The molecule has 3 rings (SSSR count). The lowest BCUT2D eigenvalue weighted by atomic mass is 10.2. The summed E-state index contributed by atoms with van der Waals surface area (Å²) in [7, 11) is 1.60. The Morgan fingerprint density at radius 2 is 2.10 bits per heavy atom. The van der Waals surface area contributed by atoms with E-state index in [1.807, 2.05) is 30.5 Å². The zero-order chi connectivity index (χ0) is 21.5. The molecule has 1 N–H and O–H groups in total. The minimum absolute atomic E-state index is 0.220. The molecule has 1 aliphatic heterocycles. The van der Waals surface area contributed by atoms with Gasteiger partial charge in [0.15, 0.2) is 16.6 Å². The number of benzene rings is 1. The van der Waals surface area contributed by atoms with E-state index >= 15 is 0 Å². The summed E-state index contributed by atoms with van der Waals surface area (Å²) in [5, 5.41) is 5.42. The van der Waals surface area contributed by atoms with Crippen molar-refractivity contribution in [1.82, 2.24) is 9.88 Å². The maximum Gasteiger partial charge on any atom is 0.250 e. The predicted octanol–water partition coefficient (Wildman–Crippen LogP) is 3.81. The van der Waals surface area contributed by atoms with Crippen LogP contribution in [0.2, 0.25) is 0 Å². The number of rotatable bonds is 8. The van der Waals surface area contributed by atoms with Gasteiger partial charge < -0.3 is 14.2 Å². The number of anilines is 1. The highest BCUT2D eigenvalue weighted by molar-refractivity contribution is 7.13. The van der Waals surface area contributed by atoms with Gasteiger partial charge in [0.1, 0.15) is 0 Å². The Hall–Kier alpha value is -2.42. The van der Waals surface area contributed by atoms with Crippen molar-refractivity contribution in [3.63, 3.8) is 0 Å². The van der Waals surface area contributed by atoms with Crippen molar-refractivity contribution in [3.8, 4) is 11.5 Å². The van der Waals surface area contributed by atoms with Crippen LogP contribution < -0.4 is 14.8 Å². The van der Waals surface area contributed by atoms with Gasteiger partial charge in [0, 0.05) is 31.1 Å². The molecule has 0 aliphatic carbocycles. The Labute approximate surface area is 181 Å². The van der Waals surface area contributed by atoms with Gasteiger partial charge in [-0.25, -0.2) is 4.98 Å². The molecule has 1 amide bonds. The van der Waals surface area contributed by atoms with Crippen molar-refractivity contribution in [2.45, 2.75) is 39.5 Å². The number of carbonyl (C=O) groups is 1. The Morgan fingerprint density at radius 3 is 2.80 bits per heavy atom. The molecule has 2 aromatic rings. The van der Waals surface area contributed by atoms with Gasteiger partial charge in [-0.1, -0.05) is 6.07 Å². The number of amides is 1. The van der Waals surface area contributed by atoms with E-state index in [1.54, 1.807) is 13.2 Å². The van der Waals surface area contributed by atoms with E-state index in [2.05, 4.69) is 29.0 Å². The van der Waals surface area contributed by atoms with Crippen LogP contribution >= 0.6 is 11.3 Å². The summed E-state index contributed by atoms with van der Waals surface area (Å²) in [6.45, 7) is 9.16. The molecule has 162 valence electrons. The molecule has 1 fully saturated rings. The van der Waals surface area contributed by atoms with E-state index in [0.29, 0.717) is 23.2 Å². The molecular formula is C22H29N3O4S. The van der Waals surface area contributed by atoms with Gasteiger partial charge in [-0.05, 0) is 44.5 Å². The Balaban J connectivity index is 1.56. The second kappa shape index (κ2) is 10.6. The molecule has 8 heteroatoms. The molecule has 2 atom stereocenters. The summed E-state index contributed by atoms with van der Waals surface area (Å²) in [6, 6.07) is 5.54. The van der Waals surface area contributed by atoms with E-state index < -0.39 is 0 Å². The third-order valence-electron chi connectivity index (χ3n) is 4.58. The van der Waals surface area contributed by atoms with Crippen LogP contribution in [0.4, 0.5) is 5.13 Å². The van der Waals surface area contributed by atoms with Crippen LogP contribution in [0.15, 0.2) is 29.7 Å². The molecule has 1 saturated heterocycles. The van der Waals surface area contributed by atoms with Gasteiger partial charge in [-0.15, -0.1) is 11.3 Å². The number of hydrogen-bond donors (Lipinski definition) is 1. The standard InChI is InChI=1S/C22H29N3O4S/c1-5-28-20-10-17(6-8-19(20)27-4)7-9-21(26)24-22-23-18(14-30-22)13-25-11-15(2)29-16(3)12-25/h6-10,14-16H,5,11-13H2,1-4H3,(H,23,24,26)/b9-7+. The fourth-order valence-corrected chi connectivity index (χ4v) is 4.17. The summed E-state index contributed by atoms with van der Waals surface area (Å²) in [5.41, 5.74) is 1.81. The Bertz CT molecular complexity index is 873. The van der Waals surface area contributed by atoms with Gasteiger partial charge in [-0.2, -0.15) is 0 Å². The number of carbonyl (C=O) groups excluding carboxylic acids is 1. The number of methoxy groups -OCH3 is 1. The van der Waals surface area contributed by atoms with Crippen LogP contribution in [0.1, 0.15) is 32.0 Å². The number of ether oxygens (including phenoxy) is 3. The zero-order valence-electron chi connectivity index (χ0n) is 17.9. The van der Waals surface area contributed by atoms with E-state index in [-0.39, 0.29) is 18.1 Å². The van der Waals surface area contributed by atoms with Crippen molar-refractivity contribution in [2.75, 3.05) is 32.1 Å². The highest BCUT2D eigenvalue weighted by atomic mass is 32.1. The molecule has 1 aromatic heterocycles. The summed E-state index contributed by atoms with van der Waals surface area (Å²) in [5.74, 6) is 1.09. The van der Waals surface area contributed by atoms with Crippen molar-refractivity contribution in [1.29, 1.82) is 0 Å². The molecular weight excluding hydrogens is 402 g/mol. The molecule has 1 aliphatic rings. The number of hydrogen-bond acceptors (Lipinski definition) is 7. The first kappa shape index (κ1) is 22.3. The second-order valence-corrected chi connectivity index (χ2v) is 8.12. The number of nitrogens with one attached hydrogen (secondary N) is 1. The van der Waals surface area contributed by atoms with Crippen LogP contribution in [0.25, 0.3) is 6.08 Å². The van der Waals surface area contributed by atoms with Crippen LogP contribution in [-0.2, 0) is 16.1 Å². The van der Waals surface area contributed by atoms with Gasteiger partial charge in [0.25, 0.3) is 0 Å². The first-order valence-corrected chi connectivity index (χ1v) is 11.0. The first-order chi connectivity index (χ1) is 14.5. The summed E-state index contributed by atoms with van der Waals surface area (Å²) < 4.78 is 16.6. The predicted molar refractivity (Wildman–Crippen MR) is 119 cm³/mol. The number of nitrogens with zero attached hydrogens (tertiary/aromatic N) is 2. The molecule has 2 unspecified atom stereocenters. The summed E-state index contributed by atoms with van der Waals surface area (Å²) in [6.07, 6.45) is 3.67. The second-order valence-electron chi connectivity index (χ2n) is 7.26. The normalized spacial score (nSPS) is 19.7. The number of morpholine rings is 1. The van der Waals surface area contributed by atoms with E-state index in [0.717, 1.165) is 30.9 Å². The molecule has 0 saturated carbocycles.